The summed E-state index contributed by atoms with van der Waals surface area (Å²) in [6.07, 6.45) is 3.11. The summed E-state index contributed by atoms with van der Waals surface area (Å²) in [5.74, 6) is 0.354. The Labute approximate surface area is 176 Å². The molecule has 0 unspecified atom stereocenters. The van der Waals surface area contributed by atoms with Crippen molar-refractivity contribution in [2.45, 2.75) is 43.9 Å². The van der Waals surface area contributed by atoms with E-state index in [1.54, 1.807) is 35.5 Å². The van der Waals surface area contributed by atoms with Gasteiger partial charge in [-0.25, -0.2) is 5.01 Å². The van der Waals surface area contributed by atoms with Crippen molar-refractivity contribution in [2.24, 2.45) is 9.50 Å². The Balaban J connectivity index is 1.68. The number of hydrogen-bond donors (Lipinski definition) is 1. The van der Waals surface area contributed by atoms with Crippen molar-refractivity contribution < 1.29 is 13.2 Å². The number of carbonyl (C=O) groups is 1. The van der Waals surface area contributed by atoms with Crippen LogP contribution in [0.25, 0.3) is 0 Å². The molecular weight excluding hydrogens is 400 g/mol. The lowest BCUT2D eigenvalue weighted by molar-refractivity contribution is -0.121. The fourth-order valence-corrected chi connectivity index (χ4v) is 5.37. The topological polar surface area (TPSA) is 91.2 Å². The van der Waals surface area contributed by atoms with Crippen molar-refractivity contribution in [3.8, 4) is 0 Å². The molecule has 2 aromatic rings. The molecule has 0 aromatic heterocycles. The molecule has 4 rings (SSSR count). The van der Waals surface area contributed by atoms with Crippen LogP contribution in [0.15, 0.2) is 56.9 Å². The van der Waals surface area contributed by atoms with Gasteiger partial charge in [-0.3, -0.25) is 4.79 Å². The number of sulfonamides is 1. The number of hydrogen-bond acceptors (Lipinski definition) is 5. The lowest BCUT2D eigenvalue weighted by Gasteiger charge is -2.24. The zero-order valence-electron chi connectivity index (χ0n) is 17.2. The van der Waals surface area contributed by atoms with Crippen LogP contribution < -0.4 is 5.32 Å². The third-order valence-electron chi connectivity index (χ3n) is 5.95. The second-order valence-electron chi connectivity index (χ2n) is 7.39. The van der Waals surface area contributed by atoms with E-state index in [1.165, 1.54) is 0 Å². The third kappa shape index (κ3) is 3.02. The summed E-state index contributed by atoms with van der Waals surface area (Å²) in [7, 11) is -3.70. The second kappa shape index (κ2) is 7.36. The van der Waals surface area contributed by atoms with Gasteiger partial charge >= 0.3 is 0 Å². The molecule has 0 atom stereocenters. The molecule has 1 amide bonds. The van der Waals surface area contributed by atoms with E-state index < -0.39 is 15.4 Å². The van der Waals surface area contributed by atoms with Gasteiger partial charge in [-0.1, -0.05) is 32.0 Å². The molecule has 0 bridgehead atoms. The maximum Gasteiger partial charge on any atom is 0.285 e. The molecule has 8 heteroatoms. The number of nitrogens with one attached hydrogen (secondary N) is 1. The first-order valence-electron chi connectivity index (χ1n) is 10.1. The van der Waals surface area contributed by atoms with Crippen LogP contribution in [-0.2, 0) is 20.2 Å². The third-order valence-corrected chi connectivity index (χ3v) is 7.28. The highest BCUT2D eigenvalue weighted by molar-refractivity contribution is 7.90. The molecule has 0 saturated heterocycles. The maximum atomic E-state index is 12.6. The fraction of sp³-hybridized carbons (Fsp3) is 0.318. The van der Waals surface area contributed by atoms with Gasteiger partial charge in [0.2, 0.25) is 5.91 Å². The molecule has 0 fully saturated rings. The molecule has 30 heavy (non-hydrogen) atoms. The summed E-state index contributed by atoms with van der Waals surface area (Å²) in [6.45, 7) is 6.39. The summed E-state index contributed by atoms with van der Waals surface area (Å²) in [6, 6.07) is 12.5. The van der Waals surface area contributed by atoms with Crippen LogP contribution in [-0.4, -0.2) is 37.9 Å². The molecule has 0 radical (unpaired) electrons. The largest absolute Gasteiger partial charge is 0.325 e. The van der Waals surface area contributed by atoms with Gasteiger partial charge in [-0.2, -0.15) is 13.5 Å². The average Bonchev–Trinajstić information content (AvgIpc) is 3.19. The van der Waals surface area contributed by atoms with Crippen molar-refractivity contribution in [2.75, 3.05) is 11.9 Å². The summed E-state index contributed by atoms with van der Waals surface area (Å²) < 4.78 is 28.6. The van der Waals surface area contributed by atoms with Crippen LogP contribution in [0.5, 0.6) is 0 Å². The van der Waals surface area contributed by atoms with Gasteiger partial charge in [0.15, 0.2) is 5.84 Å². The zero-order chi connectivity index (χ0) is 21.5. The number of amidine groups is 1. The predicted octanol–water partition coefficient (Wildman–Crippen LogP) is 3.50. The highest BCUT2D eigenvalue weighted by atomic mass is 32.2. The van der Waals surface area contributed by atoms with Gasteiger partial charge in [-0.15, -0.1) is 4.40 Å². The van der Waals surface area contributed by atoms with E-state index >= 15 is 0 Å². The van der Waals surface area contributed by atoms with Crippen molar-refractivity contribution in [1.29, 1.82) is 0 Å². The maximum absolute atomic E-state index is 12.6. The predicted molar refractivity (Wildman–Crippen MR) is 117 cm³/mol. The van der Waals surface area contributed by atoms with Crippen LogP contribution in [0, 0.1) is 0 Å². The highest BCUT2D eigenvalue weighted by Crippen LogP contribution is 2.42. The lowest BCUT2D eigenvalue weighted by Crippen LogP contribution is -2.32. The Morgan fingerprint density at radius 3 is 2.57 bits per heavy atom. The smallest absolute Gasteiger partial charge is 0.285 e. The molecule has 2 heterocycles. The van der Waals surface area contributed by atoms with Crippen molar-refractivity contribution >= 4 is 33.7 Å². The normalized spacial score (nSPS) is 18.1. The van der Waals surface area contributed by atoms with Crippen LogP contribution in [0.4, 0.5) is 5.69 Å². The molecule has 0 aliphatic carbocycles. The van der Waals surface area contributed by atoms with E-state index in [1.807, 2.05) is 39.0 Å². The summed E-state index contributed by atoms with van der Waals surface area (Å²) in [5.41, 5.74) is 2.69. The molecule has 7 nitrogen and oxygen atoms in total. The Kier molecular flexibility index (Phi) is 4.97. The lowest BCUT2D eigenvalue weighted by atomic mass is 9.76. The van der Waals surface area contributed by atoms with Gasteiger partial charge in [0.1, 0.15) is 4.90 Å². The van der Waals surface area contributed by atoms with Crippen molar-refractivity contribution in [3.63, 3.8) is 0 Å². The Morgan fingerprint density at radius 1 is 1.13 bits per heavy atom. The minimum atomic E-state index is -3.70. The summed E-state index contributed by atoms with van der Waals surface area (Å²) >= 11 is 0. The molecule has 2 aliphatic heterocycles. The monoisotopic (exact) mass is 424 g/mol. The van der Waals surface area contributed by atoms with Gasteiger partial charge in [0.05, 0.1) is 11.6 Å². The van der Waals surface area contributed by atoms with Crippen LogP contribution in [0.1, 0.15) is 50.3 Å². The number of anilines is 1. The SMILES string of the molecule is CCN(/N=C/c1ccc2c(c1)C(CC)(CC)C(=O)N2)C1=NS(=O)(=O)c2ccccc21. The highest BCUT2D eigenvalue weighted by Gasteiger charge is 2.43. The van der Waals surface area contributed by atoms with Gasteiger partial charge in [-0.05, 0) is 55.2 Å². The van der Waals surface area contributed by atoms with Gasteiger partial charge in [0.25, 0.3) is 10.0 Å². The molecule has 0 saturated carbocycles. The average molecular weight is 425 g/mol. The first-order chi connectivity index (χ1) is 14.4. The summed E-state index contributed by atoms with van der Waals surface area (Å²) in [5, 5.41) is 9.07. The quantitative estimate of drug-likeness (QED) is 0.587. The molecule has 1 N–H and O–H groups in total. The number of carbonyl (C=O) groups excluding carboxylic acids is 1. The van der Waals surface area contributed by atoms with E-state index in [4.69, 9.17) is 0 Å². The zero-order valence-corrected chi connectivity index (χ0v) is 18.0. The minimum Gasteiger partial charge on any atom is -0.325 e. The summed E-state index contributed by atoms with van der Waals surface area (Å²) in [4.78, 5) is 12.8. The van der Waals surface area contributed by atoms with E-state index in [0.29, 0.717) is 17.9 Å². The Bertz CT molecular complexity index is 1180. The number of rotatable bonds is 5. The van der Waals surface area contributed by atoms with Crippen LogP contribution >= 0.6 is 0 Å². The van der Waals surface area contributed by atoms with E-state index in [-0.39, 0.29) is 10.8 Å². The number of amides is 1. The minimum absolute atomic E-state index is 0.0360. The fourth-order valence-electron chi connectivity index (χ4n) is 4.16. The Hall–Kier alpha value is -3.00. The molecule has 156 valence electrons. The number of benzene rings is 2. The first kappa shape index (κ1) is 20.3. The molecule has 2 aliphatic rings. The van der Waals surface area contributed by atoms with E-state index in [9.17, 15) is 13.2 Å². The van der Waals surface area contributed by atoms with E-state index in [2.05, 4.69) is 14.8 Å². The van der Waals surface area contributed by atoms with Crippen LogP contribution in [0.2, 0.25) is 0 Å². The number of fused-ring (bicyclic) bond motifs is 2. The molecule has 2 aromatic carbocycles. The molecular formula is C22H24N4O3S. The van der Waals surface area contributed by atoms with Crippen molar-refractivity contribution in [3.05, 3.63) is 59.2 Å². The number of hydrazone groups is 1. The van der Waals surface area contributed by atoms with Crippen molar-refractivity contribution in [1.82, 2.24) is 5.01 Å². The van der Waals surface area contributed by atoms with Gasteiger partial charge < -0.3 is 5.32 Å². The Morgan fingerprint density at radius 2 is 1.87 bits per heavy atom. The first-order valence-corrected chi connectivity index (χ1v) is 11.5. The van der Waals surface area contributed by atoms with Crippen LogP contribution in [0.3, 0.4) is 0 Å². The standard InChI is InChI=1S/C22H24N4O3S/c1-4-22(5-2)17-13-15(11-12-18(17)24-21(22)27)14-23-26(6-3)20-16-9-7-8-10-19(16)30(28,29)25-20/h7-14H,4-6H2,1-3H3,(H,24,27)/b23-14+. The number of nitrogens with zero attached hydrogens (tertiary/aromatic N) is 3. The second-order valence-corrected chi connectivity index (χ2v) is 8.97. The molecule has 0 spiro atoms. The van der Waals surface area contributed by atoms with Gasteiger partial charge in [0, 0.05) is 17.8 Å². The van der Waals surface area contributed by atoms with E-state index in [0.717, 1.165) is 29.7 Å².